The fraction of sp³-hybridized carbons (Fsp3) is 0.727. The van der Waals surface area contributed by atoms with Crippen LogP contribution in [0.3, 0.4) is 0 Å². The lowest BCUT2D eigenvalue weighted by Crippen LogP contribution is -2.22. The fourth-order valence-electron chi connectivity index (χ4n) is 1.55. The average molecular weight is 228 g/mol. The Morgan fingerprint density at radius 1 is 1.40 bits per heavy atom. The second kappa shape index (κ2) is 5.58. The highest BCUT2D eigenvalue weighted by atomic mass is 32.1. The van der Waals surface area contributed by atoms with E-state index in [0.29, 0.717) is 6.04 Å². The van der Waals surface area contributed by atoms with Crippen molar-refractivity contribution in [2.24, 2.45) is 0 Å². The van der Waals surface area contributed by atoms with Crippen molar-refractivity contribution in [1.82, 2.24) is 10.3 Å². The zero-order valence-corrected chi connectivity index (χ0v) is 10.7. The van der Waals surface area contributed by atoms with Crippen LogP contribution < -0.4 is 5.32 Å². The highest BCUT2D eigenvalue weighted by Crippen LogP contribution is 2.24. The summed E-state index contributed by atoms with van der Waals surface area (Å²) in [6.45, 7) is 8.88. The van der Waals surface area contributed by atoms with Crippen LogP contribution in [0.15, 0.2) is 0 Å². The summed E-state index contributed by atoms with van der Waals surface area (Å²) >= 11 is 1.75. The third-order valence-electron chi connectivity index (χ3n) is 2.35. The monoisotopic (exact) mass is 228 g/mol. The van der Waals surface area contributed by atoms with Crippen LogP contribution in [-0.4, -0.2) is 22.7 Å². The second-order valence-electron chi connectivity index (χ2n) is 4.00. The molecule has 0 aliphatic rings. The number of aromatic nitrogens is 1. The quantitative estimate of drug-likeness (QED) is 0.812. The summed E-state index contributed by atoms with van der Waals surface area (Å²) in [5.74, 6) is 0. The van der Waals surface area contributed by atoms with Crippen molar-refractivity contribution in [3.63, 3.8) is 0 Å². The Labute approximate surface area is 95.6 Å². The molecular weight excluding hydrogens is 208 g/mol. The van der Waals surface area contributed by atoms with Crippen molar-refractivity contribution in [3.05, 3.63) is 15.6 Å². The summed E-state index contributed by atoms with van der Waals surface area (Å²) in [5.41, 5.74) is 1.12. The van der Waals surface area contributed by atoms with E-state index in [0.717, 1.165) is 23.7 Å². The molecule has 2 atom stereocenters. The van der Waals surface area contributed by atoms with Crippen molar-refractivity contribution in [2.75, 3.05) is 6.54 Å². The van der Waals surface area contributed by atoms with Gasteiger partial charge in [0.15, 0.2) is 0 Å². The average Bonchev–Trinajstić information content (AvgIpc) is 2.44. The van der Waals surface area contributed by atoms with E-state index in [2.05, 4.69) is 17.2 Å². The highest BCUT2D eigenvalue weighted by molar-refractivity contribution is 7.11. The lowest BCUT2D eigenvalue weighted by atomic mass is 10.2. The Bertz CT molecular complexity index is 310. The van der Waals surface area contributed by atoms with Gasteiger partial charge in [-0.2, -0.15) is 0 Å². The number of hydrogen-bond donors (Lipinski definition) is 2. The minimum Gasteiger partial charge on any atom is -0.393 e. The molecule has 1 aromatic heterocycles. The van der Waals surface area contributed by atoms with E-state index in [1.165, 1.54) is 4.88 Å². The van der Waals surface area contributed by atoms with Gasteiger partial charge in [-0.25, -0.2) is 4.98 Å². The Hall–Kier alpha value is -0.450. The first-order valence-electron chi connectivity index (χ1n) is 5.36. The van der Waals surface area contributed by atoms with Crippen molar-refractivity contribution >= 4 is 11.3 Å². The van der Waals surface area contributed by atoms with Crippen molar-refractivity contribution in [1.29, 1.82) is 0 Å². The maximum Gasteiger partial charge on any atom is 0.0900 e. The first-order chi connectivity index (χ1) is 7.00. The molecule has 1 aromatic rings. The molecule has 0 spiro atoms. The van der Waals surface area contributed by atoms with E-state index < -0.39 is 0 Å². The smallest absolute Gasteiger partial charge is 0.0900 e. The van der Waals surface area contributed by atoms with Gasteiger partial charge in [0.25, 0.3) is 0 Å². The van der Waals surface area contributed by atoms with Crippen LogP contribution in [0.4, 0.5) is 0 Å². The van der Waals surface area contributed by atoms with E-state index in [1.807, 2.05) is 20.8 Å². The van der Waals surface area contributed by atoms with Crippen LogP contribution in [-0.2, 0) is 0 Å². The lowest BCUT2D eigenvalue weighted by Gasteiger charge is -2.13. The molecule has 0 amide bonds. The number of hydrogen-bond acceptors (Lipinski definition) is 4. The molecule has 2 unspecified atom stereocenters. The molecule has 2 N–H and O–H groups in total. The van der Waals surface area contributed by atoms with E-state index >= 15 is 0 Å². The van der Waals surface area contributed by atoms with Gasteiger partial charge < -0.3 is 10.4 Å². The van der Waals surface area contributed by atoms with Crippen LogP contribution >= 0.6 is 11.3 Å². The Balaban J connectivity index is 2.46. The van der Waals surface area contributed by atoms with Crippen molar-refractivity contribution < 1.29 is 5.11 Å². The van der Waals surface area contributed by atoms with E-state index in [1.54, 1.807) is 11.3 Å². The molecule has 1 rings (SSSR count). The minimum atomic E-state index is -0.228. The Morgan fingerprint density at radius 2 is 2.07 bits per heavy atom. The molecule has 0 saturated heterocycles. The van der Waals surface area contributed by atoms with Crippen LogP contribution in [0, 0.1) is 13.8 Å². The molecule has 0 aromatic carbocycles. The molecule has 0 bridgehead atoms. The summed E-state index contributed by atoms with van der Waals surface area (Å²) in [6, 6.07) is 0.329. The number of aliphatic hydroxyl groups is 1. The van der Waals surface area contributed by atoms with E-state index in [-0.39, 0.29) is 6.10 Å². The summed E-state index contributed by atoms with van der Waals surface area (Å²) in [4.78, 5) is 5.71. The zero-order valence-electron chi connectivity index (χ0n) is 9.87. The molecule has 4 heteroatoms. The number of rotatable bonds is 5. The van der Waals surface area contributed by atoms with Gasteiger partial charge >= 0.3 is 0 Å². The molecule has 0 aliphatic carbocycles. The number of thiazole rings is 1. The number of nitrogens with one attached hydrogen (secondary N) is 1. The van der Waals surface area contributed by atoms with Gasteiger partial charge in [-0.3, -0.25) is 0 Å². The van der Waals surface area contributed by atoms with Gasteiger partial charge in [-0.15, -0.1) is 11.3 Å². The summed E-state index contributed by atoms with van der Waals surface area (Å²) in [5, 5.41) is 13.7. The van der Waals surface area contributed by atoms with Gasteiger partial charge in [-0.05, 0) is 40.7 Å². The SMILES string of the molecule is Cc1nc(C)c(C(C)NCCC(C)O)s1. The summed E-state index contributed by atoms with van der Waals surface area (Å²) in [7, 11) is 0. The zero-order chi connectivity index (χ0) is 11.4. The normalized spacial score (nSPS) is 15.3. The minimum absolute atomic E-state index is 0.228. The predicted octanol–water partition coefficient (Wildman–Crippen LogP) is 2.18. The largest absolute Gasteiger partial charge is 0.393 e. The third-order valence-corrected chi connectivity index (χ3v) is 3.60. The maximum atomic E-state index is 9.14. The molecule has 3 nitrogen and oxygen atoms in total. The number of aryl methyl sites for hydroxylation is 2. The molecule has 86 valence electrons. The van der Waals surface area contributed by atoms with E-state index in [4.69, 9.17) is 5.11 Å². The van der Waals surface area contributed by atoms with Gasteiger partial charge in [0.2, 0.25) is 0 Å². The lowest BCUT2D eigenvalue weighted by molar-refractivity contribution is 0.182. The fourth-order valence-corrected chi connectivity index (χ4v) is 2.50. The molecule has 0 aliphatic heterocycles. The van der Waals surface area contributed by atoms with Crippen LogP contribution in [0.5, 0.6) is 0 Å². The molecule has 0 radical (unpaired) electrons. The topological polar surface area (TPSA) is 45.2 Å². The first kappa shape index (κ1) is 12.6. The van der Waals surface area contributed by atoms with E-state index in [9.17, 15) is 0 Å². The van der Waals surface area contributed by atoms with Gasteiger partial charge in [0.05, 0.1) is 16.8 Å². The molecule has 15 heavy (non-hydrogen) atoms. The summed E-state index contributed by atoms with van der Waals surface area (Å²) < 4.78 is 0. The third kappa shape index (κ3) is 3.89. The Kier molecular flexibility index (Phi) is 4.70. The second-order valence-corrected chi connectivity index (χ2v) is 5.23. The standard InChI is InChI=1S/C11H20N2OS/c1-7(14)5-6-12-8(2)11-9(3)13-10(4)15-11/h7-8,12,14H,5-6H2,1-4H3. The number of nitrogens with zero attached hydrogens (tertiary/aromatic N) is 1. The van der Waals surface area contributed by atoms with Crippen LogP contribution in [0.2, 0.25) is 0 Å². The van der Waals surface area contributed by atoms with Crippen molar-refractivity contribution in [2.45, 2.75) is 46.3 Å². The highest BCUT2D eigenvalue weighted by Gasteiger charge is 2.12. The molecular formula is C11H20N2OS. The van der Waals surface area contributed by atoms with Gasteiger partial charge in [0, 0.05) is 10.9 Å². The molecule has 1 heterocycles. The molecule has 0 fully saturated rings. The predicted molar refractivity (Wildman–Crippen MR) is 64.3 cm³/mol. The summed E-state index contributed by atoms with van der Waals surface area (Å²) in [6.07, 6.45) is 0.565. The first-order valence-corrected chi connectivity index (χ1v) is 6.17. The van der Waals surface area contributed by atoms with Crippen molar-refractivity contribution in [3.8, 4) is 0 Å². The maximum absolute atomic E-state index is 9.14. The van der Waals surface area contributed by atoms with Crippen LogP contribution in [0.25, 0.3) is 0 Å². The Morgan fingerprint density at radius 3 is 2.53 bits per heavy atom. The van der Waals surface area contributed by atoms with Gasteiger partial charge in [-0.1, -0.05) is 0 Å². The molecule has 0 saturated carbocycles. The van der Waals surface area contributed by atoms with Gasteiger partial charge in [0.1, 0.15) is 0 Å². The van der Waals surface area contributed by atoms with Crippen LogP contribution in [0.1, 0.15) is 41.9 Å². The number of aliphatic hydroxyl groups excluding tert-OH is 1.